The summed E-state index contributed by atoms with van der Waals surface area (Å²) in [4.78, 5) is 4.60. The van der Waals surface area contributed by atoms with E-state index in [1.807, 2.05) is 47.3 Å². The van der Waals surface area contributed by atoms with Gasteiger partial charge in [-0.3, -0.25) is 0 Å². The van der Waals surface area contributed by atoms with Crippen molar-refractivity contribution in [3.05, 3.63) is 65.7 Å². The molecule has 0 aliphatic carbocycles. The van der Waals surface area contributed by atoms with Gasteiger partial charge in [-0.2, -0.15) is 4.98 Å². The number of thioether (sulfide) groups is 1. The Labute approximate surface area is 162 Å². The molecule has 4 rings (SSSR count). The van der Waals surface area contributed by atoms with Gasteiger partial charge in [0, 0.05) is 11.3 Å². The predicted octanol–water partition coefficient (Wildman–Crippen LogP) is 4.07. The van der Waals surface area contributed by atoms with Crippen molar-refractivity contribution in [3.63, 3.8) is 0 Å². The molecule has 27 heavy (non-hydrogen) atoms. The average molecular weight is 380 g/mol. The topological polar surface area (TPSA) is 61.2 Å². The van der Waals surface area contributed by atoms with Crippen molar-refractivity contribution in [2.75, 3.05) is 25.8 Å². The highest BCUT2D eigenvalue weighted by Crippen LogP contribution is 2.36. The van der Waals surface area contributed by atoms with E-state index in [1.165, 1.54) is 11.8 Å². The summed E-state index contributed by atoms with van der Waals surface area (Å²) in [5.41, 5.74) is 3.10. The number of aromatic nitrogens is 3. The minimum absolute atomic E-state index is 0.0426. The van der Waals surface area contributed by atoms with Crippen LogP contribution < -0.4 is 14.8 Å². The first kappa shape index (κ1) is 17.5. The molecule has 0 spiro atoms. The van der Waals surface area contributed by atoms with Crippen LogP contribution in [0.1, 0.15) is 17.2 Å². The fourth-order valence-electron chi connectivity index (χ4n) is 3.12. The van der Waals surface area contributed by atoms with Crippen LogP contribution in [-0.4, -0.2) is 35.2 Å². The summed E-state index contributed by atoms with van der Waals surface area (Å²) in [6.07, 6.45) is 4.13. The zero-order valence-electron chi connectivity index (χ0n) is 15.3. The van der Waals surface area contributed by atoms with Gasteiger partial charge in [0.15, 0.2) is 11.5 Å². The smallest absolute Gasteiger partial charge is 0.227 e. The lowest BCUT2D eigenvalue weighted by Gasteiger charge is -2.24. The van der Waals surface area contributed by atoms with E-state index in [2.05, 4.69) is 33.6 Å². The van der Waals surface area contributed by atoms with Crippen LogP contribution in [0, 0.1) is 0 Å². The van der Waals surface area contributed by atoms with Crippen LogP contribution in [0.2, 0.25) is 0 Å². The molecule has 6 nitrogen and oxygen atoms in total. The van der Waals surface area contributed by atoms with Crippen LogP contribution in [0.15, 0.2) is 59.8 Å². The Morgan fingerprint density at radius 2 is 1.81 bits per heavy atom. The van der Waals surface area contributed by atoms with E-state index >= 15 is 0 Å². The molecule has 138 valence electrons. The van der Waals surface area contributed by atoms with E-state index in [0.717, 1.165) is 27.9 Å². The molecule has 0 fully saturated rings. The van der Waals surface area contributed by atoms with Gasteiger partial charge in [-0.15, -0.1) is 5.10 Å². The lowest BCUT2D eigenvalue weighted by molar-refractivity contribution is 0.355. The quantitative estimate of drug-likeness (QED) is 0.673. The van der Waals surface area contributed by atoms with Gasteiger partial charge in [-0.1, -0.05) is 42.1 Å². The van der Waals surface area contributed by atoms with Gasteiger partial charge >= 0.3 is 0 Å². The summed E-state index contributed by atoms with van der Waals surface area (Å²) in [5.74, 6) is 2.11. The van der Waals surface area contributed by atoms with Crippen LogP contribution in [0.5, 0.6) is 11.5 Å². The standard InChI is InChI=1S/C20H20N4O2S/c1-25-17-10-9-14(11-18(17)26-2)15-12-16(13-7-5-4-6-8-13)24-19(21-15)22-20(23-24)27-3/h4-12,16H,1-3H3,(H,21,22,23)/t16-/m0/s1. The Balaban J connectivity index is 1.81. The highest BCUT2D eigenvalue weighted by Gasteiger charge is 2.25. The third kappa shape index (κ3) is 3.26. The SMILES string of the molecule is COc1ccc(C2=C[C@@H](c3ccccc3)n3nc(SC)nc3N2)cc1OC. The first-order chi connectivity index (χ1) is 13.2. The number of methoxy groups -OCH3 is 2. The third-order valence-corrected chi connectivity index (χ3v) is 5.00. The van der Waals surface area contributed by atoms with Gasteiger partial charge in [0.05, 0.1) is 14.2 Å². The van der Waals surface area contributed by atoms with Gasteiger partial charge in [-0.05, 0) is 36.1 Å². The summed E-state index contributed by atoms with van der Waals surface area (Å²) in [6, 6.07) is 16.1. The fraction of sp³-hybridized carbons (Fsp3) is 0.200. The van der Waals surface area contributed by atoms with Crippen LogP contribution in [-0.2, 0) is 0 Å². The number of benzene rings is 2. The molecule has 7 heteroatoms. The third-order valence-electron chi connectivity index (χ3n) is 4.46. The molecule has 1 aliphatic rings. The zero-order chi connectivity index (χ0) is 18.8. The molecule has 0 radical (unpaired) electrons. The Morgan fingerprint density at radius 3 is 2.52 bits per heavy atom. The number of rotatable bonds is 5. The molecule has 3 aromatic rings. The number of fused-ring (bicyclic) bond motifs is 1. The second-order valence-electron chi connectivity index (χ2n) is 6.00. The van der Waals surface area contributed by atoms with Crippen molar-refractivity contribution in [1.29, 1.82) is 0 Å². The van der Waals surface area contributed by atoms with E-state index in [-0.39, 0.29) is 6.04 Å². The summed E-state index contributed by atoms with van der Waals surface area (Å²) in [5, 5.41) is 8.77. The molecule has 0 amide bonds. The first-order valence-electron chi connectivity index (χ1n) is 8.50. The highest BCUT2D eigenvalue weighted by atomic mass is 32.2. The summed E-state index contributed by atoms with van der Waals surface area (Å²) < 4.78 is 12.7. The Bertz CT molecular complexity index is 985. The molecule has 2 heterocycles. The lowest BCUT2D eigenvalue weighted by atomic mass is 10.0. The van der Waals surface area contributed by atoms with Gasteiger partial charge in [-0.25, -0.2) is 4.68 Å². The van der Waals surface area contributed by atoms with Crippen molar-refractivity contribution in [3.8, 4) is 11.5 Å². The van der Waals surface area contributed by atoms with E-state index in [0.29, 0.717) is 11.5 Å². The molecule has 1 aliphatic heterocycles. The molecule has 0 unspecified atom stereocenters. The maximum Gasteiger partial charge on any atom is 0.227 e. The largest absolute Gasteiger partial charge is 0.493 e. The summed E-state index contributed by atoms with van der Waals surface area (Å²) in [7, 11) is 3.27. The van der Waals surface area contributed by atoms with Crippen molar-refractivity contribution in [1.82, 2.24) is 14.8 Å². The van der Waals surface area contributed by atoms with Gasteiger partial charge in [0.25, 0.3) is 0 Å². The predicted molar refractivity (Wildman–Crippen MR) is 108 cm³/mol. The minimum atomic E-state index is -0.0426. The Kier molecular flexibility index (Phi) is 4.77. The van der Waals surface area contributed by atoms with Crippen molar-refractivity contribution >= 4 is 23.4 Å². The highest BCUT2D eigenvalue weighted by molar-refractivity contribution is 7.98. The number of hydrogen-bond donors (Lipinski definition) is 1. The van der Waals surface area contributed by atoms with Crippen molar-refractivity contribution in [2.24, 2.45) is 0 Å². The van der Waals surface area contributed by atoms with Gasteiger partial charge in [0.1, 0.15) is 6.04 Å². The number of anilines is 1. The zero-order valence-corrected chi connectivity index (χ0v) is 16.2. The van der Waals surface area contributed by atoms with Crippen LogP contribution in [0.25, 0.3) is 5.70 Å². The molecule has 1 N–H and O–H groups in total. The molecule has 2 aromatic carbocycles. The van der Waals surface area contributed by atoms with Crippen LogP contribution in [0.4, 0.5) is 5.95 Å². The normalized spacial score (nSPS) is 15.5. The van der Waals surface area contributed by atoms with Gasteiger partial charge < -0.3 is 14.8 Å². The van der Waals surface area contributed by atoms with E-state index in [9.17, 15) is 0 Å². The number of nitrogens with one attached hydrogen (secondary N) is 1. The summed E-state index contributed by atoms with van der Waals surface area (Å²) >= 11 is 1.52. The number of allylic oxidation sites excluding steroid dienone is 1. The van der Waals surface area contributed by atoms with Crippen LogP contribution in [0.3, 0.4) is 0 Å². The van der Waals surface area contributed by atoms with E-state index in [4.69, 9.17) is 9.47 Å². The lowest BCUT2D eigenvalue weighted by Crippen LogP contribution is -2.20. The first-order valence-corrected chi connectivity index (χ1v) is 9.72. The molecule has 1 atom stereocenters. The molecule has 1 aromatic heterocycles. The summed E-state index contributed by atoms with van der Waals surface area (Å²) in [6.45, 7) is 0. The number of nitrogens with zero attached hydrogens (tertiary/aromatic N) is 3. The maximum atomic E-state index is 5.45. The van der Waals surface area contributed by atoms with Crippen molar-refractivity contribution < 1.29 is 9.47 Å². The van der Waals surface area contributed by atoms with E-state index < -0.39 is 0 Å². The minimum Gasteiger partial charge on any atom is -0.493 e. The molecule has 0 saturated carbocycles. The molecule has 0 bridgehead atoms. The molecule has 0 saturated heterocycles. The Hall–Kier alpha value is -2.93. The maximum absolute atomic E-state index is 5.45. The number of ether oxygens (including phenoxy) is 2. The Morgan fingerprint density at radius 1 is 1.04 bits per heavy atom. The van der Waals surface area contributed by atoms with Crippen molar-refractivity contribution in [2.45, 2.75) is 11.2 Å². The van der Waals surface area contributed by atoms with Crippen LogP contribution >= 0.6 is 11.8 Å². The monoisotopic (exact) mass is 380 g/mol. The average Bonchev–Trinajstić information content (AvgIpc) is 3.16. The molecular weight excluding hydrogens is 360 g/mol. The second kappa shape index (κ2) is 7.36. The van der Waals surface area contributed by atoms with Gasteiger partial charge in [0.2, 0.25) is 11.1 Å². The second-order valence-corrected chi connectivity index (χ2v) is 6.77. The number of hydrogen-bond acceptors (Lipinski definition) is 6. The fourth-order valence-corrected chi connectivity index (χ4v) is 3.47. The molecular formula is C20H20N4O2S. The van der Waals surface area contributed by atoms with E-state index in [1.54, 1.807) is 14.2 Å².